The molecule has 24 heavy (non-hydrogen) atoms. The Hall–Kier alpha value is -3.22. The van der Waals surface area contributed by atoms with Gasteiger partial charge in [0.25, 0.3) is 5.91 Å². The topological polar surface area (TPSA) is 92.8 Å². The first-order chi connectivity index (χ1) is 11.8. The van der Waals surface area contributed by atoms with E-state index in [1.807, 2.05) is 36.4 Å². The molecule has 1 aromatic heterocycles. The fourth-order valence-electron chi connectivity index (χ4n) is 2.68. The Morgan fingerprint density at radius 1 is 1.21 bits per heavy atom. The Bertz CT molecular complexity index is 859. The van der Waals surface area contributed by atoms with E-state index in [0.717, 1.165) is 29.0 Å². The quantitative estimate of drug-likeness (QED) is 0.766. The van der Waals surface area contributed by atoms with Crippen LogP contribution in [0.5, 0.6) is 5.75 Å². The summed E-state index contributed by atoms with van der Waals surface area (Å²) in [6.07, 6.45) is 1.44. The lowest BCUT2D eigenvalue weighted by Gasteiger charge is -2.07. The van der Waals surface area contributed by atoms with Crippen LogP contribution in [0.2, 0.25) is 0 Å². The zero-order valence-corrected chi connectivity index (χ0v) is 12.8. The number of carbonyl (C=O) groups excluding carboxylic acids is 1. The average Bonchev–Trinajstić information content (AvgIpc) is 3.27. The smallest absolute Gasteiger partial charge is 0.255 e. The van der Waals surface area contributed by atoms with Gasteiger partial charge in [-0.25, -0.2) is 0 Å². The van der Waals surface area contributed by atoms with Crippen LogP contribution in [-0.4, -0.2) is 33.1 Å². The molecule has 0 atom stereocenters. The number of tetrazole rings is 1. The molecule has 3 aromatic rings. The molecule has 0 saturated carbocycles. The second kappa shape index (κ2) is 6.11. The second-order valence-electron chi connectivity index (χ2n) is 5.58. The highest BCUT2D eigenvalue weighted by Gasteiger charge is 2.15. The Morgan fingerprint density at radius 2 is 2.08 bits per heavy atom. The van der Waals surface area contributed by atoms with Gasteiger partial charge in [-0.15, -0.1) is 10.2 Å². The normalized spacial score (nSPS) is 12.5. The molecular weight excluding hydrogens is 306 g/mol. The molecule has 1 amide bonds. The number of anilines is 1. The third-order valence-electron chi connectivity index (χ3n) is 3.91. The number of nitrogens with zero attached hydrogens (tertiary/aromatic N) is 3. The third kappa shape index (κ3) is 2.96. The molecule has 0 spiro atoms. The van der Waals surface area contributed by atoms with Crippen LogP contribution in [0, 0.1) is 0 Å². The predicted octanol–water partition coefficient (Wildman–Crippen LogP) is 1.98. The first-order valence-corrected chi connectivity index (χ1v) is 7.66. The summed E-state index contributed by atoms with van der Waals surface area (Å²) in [4.78, 5) is 12.4. The maximum absolute atomic E-state index is 12.4. The Morgan fingerprint density at radius 3 is 2.88 bits per heavy atom. The Labute approximate surface area is 138 Å². The summed E-state index contributed by atoms with van der Waals surface area (Å²) in [5.74, 6) is 1.38. The van der Waals surface area contributed by atoms with Gasteiger partial charge < -0.3 is 10.1 Å². The molecular formula is C17H15N5O2. The number of benzene rings is 2. The van der Waals surface area contributed by atoms with Gasteiger partial charge in [0.05, 0.1) is 6.61 Å². The van der Waals surface area contributed by atoms with E-state index in [0.29, 0.717) is 24.4 Å². The molecule has 0 bridgehead atoms. The maximum Gasteiger partial charge on any atom is 0.255 e. The zero-order valence-electron chi connectivity index (χ0n) is 12.8. The SMILES string of the molecule is O=C(Nc1ccc(Cc2nn[nH]n2)cc1)c1ccc2c(c1)CCO2. The van der Waals surface area contributed by atoms with Crippen LogP contribution < -0.4 is 10.1 Å². The molecule has 0 radical (unpaired) electrons. The van der Waals surface area contributed by atoms with Crippen molar-refractivity contribution < 1.29 is 9.53 Å². The lowest BCUT2D eigenvalue weighted by molar-refractivity contribution is 0.102. The summed E-state index contributed by atoms with van der Waals surface area (Å²) >= 11 is 0. The summed E-state index contributed by atoms with van der Waals surface area (Å²) in [5.41, 5.74) is 3.51. The number of fused-ring (bicyclic) bond motifs is 1. The largest absolute Gasteiger partial charge is 0.493 e. The minimum Gasteiger partial charge on any atom is -0.493 e. The number of aromatic amines is 1. The van der Waals surface area contributed by atoms with Gasteiger partial charge in [0, 0.05) is 24.1 Å². The number of aromatic nitrogens is 4. The lowest BCUT2D eigenvalue weighted by atomic mass is 10.1. The summed E-state index contributed by atoms with van der Waals surface area (Å²) in [7, 11) is 0. The van der Waals surface area contributed by atoms with Gasteiger partial charge in [0.1, 0.15) is 5.75 Å². The summed E-state index contributed by atoms with van der Waals surface area (Å²) in [6, 6.07) is 13.1. The number of nitrogens with one attached hydrogen (secondary N) is 2. The van der Waals surface area contributed by atoms with Crippen LogP contribution in [-0.2, 0) is 12.8 Å². The molecule has 1 aliphatic rings. The summed E-state index contributed by atoms with van der Waals surface area (Å²) in [6.45, 7) is 0.683. The fraction of sp³-hybridized carbons (Fsp3) is 0.176. The Balaban J connectivity index is 1.44. The lowest BCUT2D eigenvalue weighted by Crippen LogP contribution is -2.12. The van der Waals surface area contributed by atoms with Gasteiger partial charge in [-0.3, -0.25) is 4.79 Å². The van der Waals surface area contributed by atoms with E-state index < -0.39 is 0 Å². The number of amides is 1. The molecule has 120 valence electrons. The van der Waals surface area contributed by atoms with Crippen LogP contribution in [0.15, 0.2) is 42.5 Å². The number of hydrogen-bond acceptors (Lipinski definition) is 5. The summed E-state index contributed by atoms with van der Waals surface area (Å²) in [5, 5.41) is 16.7. The third-order valence-corrected chi connectivity index (χ3v) is 3.91. The van der Waals surface area contributed by atoms with Gasteiger partial charge >= 0.3 is 0 Å². The van der Waals surface area contributed by atoms with E-state index in [1.54, 1.807) is 6.07 Å². The van der Waals surface area contributed by atoms with Crippen LogP contribution in [0.4, 0.5) is 5.69 Å². The molecule has 2 heterocycles. The van der Waals surface area contributed by atoms with Crippen molar-refractivity contribution >= 4 is 11.6 Å². The first-order valence-electron chi connectivity index (χ1n) is 7.66. The van der Waals surface area contributed by atoms with Gasteiger partial charge in [0.15, 0.2) is 5.82 Å². The van der Waals surface area contributed by atoms with E-state index in [9.17, 15) is 4.79 Å². The Kier molecular flexibility index (Phi) is 3.66. The molecule has 0 aliphatic carbocycles. The molecule has 2 N–H and O–H groups in total. The standard InChI is InChI=1S/C17H15N5O2/c23-17(13-3-6-15-12(10-13)7-8-24-15)18-14-4-1-11(2-5-14)9-16-19-21-22-20-16/h1-6,10H,7-9H2,(H,18,23)(H,19,20,21,22). The minimum atomic E-state index is -0.129. The predicted molar refractivity (Wildman–Crippen MR) is 87.0 cm³/mol. The van der Waals surface area contributed by atoms with Gasteiger partial charge in [-0.2, -0.15) is 5.21 Å². The molecule has 1 aliphatic heterocycles. The highest BCUT2D eigenvalue weighted by atomic mass is 16.5. The molecule has 7 nitrogen and oxygen atoms in total. The number of H-pyrrole nitrogens is 1. The van der Waals surface area contributed by atoms with E-state index in [1.165, 1.54) is 0 Å². The number of hydrogen-bond donors (Lipinski definition) is 2. The van der Waals surface area contributed by atoms with E-state index in [4.69, 9.17) is 4.74 Å². The van der Waals surface area contributed by atoms with Crippen molar-refractivity contribution in [3.8, 4) is 5.75 Å². The molecule has 0 saturated heterocycles. The van der Waals surface area contributed by atoms with E-state index in [2.05, 4.69) is 25.9 Å². The molecule has 2 aromatic carbocycles. The van der Waals surface area contributed by atoms with Crippen molar-refractivity contribution in [1.29, 1.82) is 0 Å². The highest BCUT2D eigenvalue weighted by molar-refractivity contribution is 6.04. The average molecular weight is 321 g/mol. The molecule has 7 heteroatoms. The van der Waals surface area contributed by atoms with Crippen LogP contribution in [0.3, 0.4) is 0 Å². The van der Waals surface area contributed by atoms with E-state index >= 15 is 0 Å². The highest BCUT2D eigenvalue weighted by Crippen LogP contribution is 2.26. The number of ether oxygens (including phenoxy) is 1. The molecule has 0 fully saturated rings. The molecule has 4 rings (SSSR count). The van der Waals surface area contributed by atoms with Gasteiger partial charge in [0.2, 0.25) is 0 Å². The van der Waals surface area contributed by atoms with Gasteiger partial charge in [-0.05, 0) is 41.5 Å². The van der Waals surface area contributed by atoms with E-state index in [-0.39, 0.29) is 5.91 Å². The van der Waals surface area contributed by atoms with Crippen molar-refractivity contribution in [2.45, 2.75) is 12.8 Å². The van der Waals surface area contributed by atoms with Crippen molar-refractivity contribution in [3.05, 3.63) is 65.0 Å². The van der Waals surface area contributed by atoms with Crippen LogP contribution >= 0.6 is 0 Å². The van der Waals surface area contributed by atoms with Crippen molar-refractivity contribution in [2.75, 3.05) is 11.9 Å². The van der Waals surface area contributed by atoms with Crippen molar-refractivity contribution in [3.63, 3.8) is 0 Å². The molecule has 0 unspecified atom stereocenters. The van der Waals surface area contributed by atoms with Crippen LogP contribution in [0.25, 0.3) is 0 Å². The van der Waals surface area contributed by atoms with Gasteiger partial charge in [-0.1, -0.05) is 17.3 Å². The van der Waals surface area contributed by atoms with Crippen LogP contribution in [0.1, 0.15) is 27.3 Å². The number of carbonyl (C=O) groups is 1. The number of rotatable bonds is 4. The van der Waals surface area contributed by atoms with Crippen molar-refractivity contribution in [1.82, 2.24) is 20.6 Å². The zero-order chi connectivity index (χ0) is 16.4. The maximum atomic E-state index is 12.4. The monoisotopic (exact) mass is 321 g/mol. The first kappa shape index (κ1) is 14.4. The fourth-order valence-corrected chi connectivity index (χ4v) is 2.68. The van der Waals surface area contributed by atoms with Crippen molar-refractivity contribution in [2.24, 2.45) is 0 Å². The minimum absolute atomic E-state index is 0.129. The summed E-state index contributed by atoms with van der Waals surface area (Å²) < 4.78 is 5.46. The second-order valence-corrected chi connectivity index (χ2v) is 5.58.